The molecule has 0 radical (unpaired) electrons. The largest absolute Gasteiger partial charge is 0.339 e. The number of hydrogen-bond acceptors (Lipinski definition) is 3. The van der Waals surface area contributed by atoms with E-state index < -0.39 is 0 Å². The summed E-state index contributed by atoms with van der Waals surface area (Å²) in [4.78, 5) is 15.6. The van der Waals surface area contributed by atoms with Crippen LogP contribution in [-0.4, -0.2) is 49.4 Å². The standard InChI is InChI=1S/C13H21N3O/c1-13(11-14)6-9-16(10-7-13)12(17)5-4-8-15(2)3/h4-5H,6-10H2,1-3H3. The van der Waals surface area contributed by atoms with E-state index in [0.717, 1.165) is 19.4 Å². The van der Waals surface area contributed by atoms with Crippen LogP contribution >= 0.6 is 0 Å². The maximum Gasteiger partial charge on any atom is 0.246 e. The lowest BCUT2D eigenvalue weighted by Gasteiger charge is -2.34. The molecule has 1 heterocycles. The molecule has 1 saturated heterocycles. The Morgan fingerprint density at radius 3 is 2.53 bits per heavy atom. The minimum atomic E-state index is -0.246. The Morgan fingerprint density at radius 2 is 2.06 bits per heavy atom. The number of likely N-dealkylation sites (N-methyl/N-ethyl adjacent to an activating group) is 1. The third-order valence-electron chi connectivity index (χ3n) is 3.18. The predicted molar refractivity (Wildman–Crippen MR) is 67.2 cm³/mol. The fourth-order valence-corrected chi connectivity index (χ4v) is 1.80. The van der Waals surface area contributed by atoms with Crippen LogP contribution in [0.15, 0.2) is 12.2 Å². The van der Waals surface area contributed by atoms with E-state index in [-0.39, 0.29) is 11.3 Å². The van der Waals surface area contributed by atoms with Gasteiger partial charge < -0.3 is 9.80 Å². The highest BCUT2D eigenvalue weighted by molar-refractivity contribution is 5.87. The second kappa shape index (κ2) is 5.83. The Morgan fingerprint density at radius 1 is 1.47 bits per heavy atom. The molecule has 0 aliphatic carbocycles. The van der Waals surface area contributed by atoms with Crippen LogP contribution in [0.3, 0.4) is 0 Å². The van der Waals surface area contributed by atoms with Crippen LogP contribution in [-0.2, 0) is 4.79 Å². The first-order valence-corrected chi connectivity index (χ1v) is 5.98. The lowest BCUT2D eigenvalue weighted by molar-refractivity contribution is -0.127. The summed E-state index contributed by atoms with van der Waals surface area (Å²) in [7, 11) is 3.93. The summed E-state index contributed by atoms with van der Waals surface area (Å²) in [6.45, 7) is 4.12. The highest BCUT2D eigenvalue weighted by Gasteiger charge is 2.30. The Balaban J connectivity index is 2.42. The van der Waals surface area contributed by atoms with Gasteiger partial charge in [-0.05, 0) is 33.9 Å². The average molecular weight is 235 g/mol. The summed E-state index contributed by atoms with van der Waals surface area (Å²) >= 11 is 0. The van der Waals surface area contributed by atoms with E-state index in [1.54, 1.807) is 6.08 Å². The van der Waals surface area contributed by atoms with Gasteiger partial charge in [0, 0.05) is 25.7 Å². The van der Waals surface area contributed by atoms with E-state index in [4.69, 9.17) is 5.26 Å². The molecule has 0 saturated carbocycles. The van der Waals surface area contributed by atoms with E-state index in [9.17, 15) is 4.79 Å². The lowest BCUT2D eigenvalue weighted by Crippen LogP contribution is -2.41. The molecule has 4 heteroatoms. The Labute approximate surface area is 103 Å². The fourth-order valence-electron chi connectivity index (χ4n) is 1.80. The zero-order valence-corrected chi connectivity index (χ0v) is 10.9. The van der Waals surface area contributed by atoms with Crippen molar-refractivity contribution in [2.75, 3.05) is 33.7 Å². The summed E-state index contributed by atoms with van der Waals surface area (Å²) in [5, 5.41) is 9.00. The van der Waals surface area contributed by atoms with Crippen molar-refractivity contribution in [2.24, 2.45) is 5.41 Å². The number of hydrogen-bond donors (Lipinski definition) is 0. The first kappa shape index (κ1) is 13.7. The molecule has 0 spiro atoms. The molecule has 0 unspecified atom stereocenters. The molecule has 17 heavy (non-hydrogen) atoms. The number of nitrogens with zero attached hydrogens (tertiary/aromatic N) is 3. The molecule has 0 N–H and O–H groups in total. The third kappa shape index (κ3) is 4.20. The molecule has 1 aliphatic heterocycles. The number of amides is 1. The van der Waals surface area contributed by atoms with Crippen molar-refractivity contribution in [2.45, 2.75) is 19.8 Å². The number of likely N-dealkylation sites (tertiary alicyclic amines) is 1. The van der Waals surface area contributed by atoms with Gasteiger partial charge in [0.05, 0.1) is 11.5 Å². The van der Waals surface area contributed by atoms with Crippen molar-refractivity contribution in [1.82, 2.24) is 9.80 Å². The van der Waals surface area contributed by atoms with Gasteiger partial charge in [-0.25, -0.2) is 0 Å². The zero-order valence-electron chi connectivity index (χ0n) is 10.9. The van der Waals surface area contributed by atoms with Gasteiger partial charge in [-0.1, -0.05) is 6.08 Å². The minimum Gasteiger partial charge on any atom is -0.339 e. The summed E-state index contributed by atoms with van der Waals surface area (Å²) in [6.07, 6.45) is 5.06. The second-order valence-electron chi connectivity index (χ2n) is 5.16. The molecule has 0 aromatic heterocycles. The monoisotopic (exact) mass is 235 g/mol. The van der Waals surface area contributed by atoms with Gasteiger partial charge in [0.1, 0.15) is 0 Å². The quantitative estimate of drug-likeness (QED) is 0.692. The Bertz CT molecular complexity index is 333. The van der Waals surface area contributed by atoms with Crippen LogP contribution in [0.4, 0.5) is 0 Å². The highest BCUT2D eigenvalue weighted by Crippen LogP contribution is 2.29. The fraction of sp³-hybridized carbons (Fsp3) is 0.692. The number of carbonyl (C=O) groups is 1. The molecule has 1 fully saturated rings. The molecule has 0 aromatic rings. The predicted octanol–water partition coefficient (Wildman–Crippen LogP) is 1.26. The van der Waals surface area contributed by atoms with Crippen LogP contribution in [0.25, 0.3) is 0 Å². The van der Waals surface area contributed by atoms with Crippen molar-refractivity contribution in [3.05, 3.63) is 12.2 Å². The molecule has 1 rings (SSSR count). The summed E-state index contributed by atoms with van der Waals surface area (Å²) in [5.41, 5.74) is -0.246. The number of carbonyl (C=O) groups excluding carboxylic acids is 1. The lowest BCUT2D eigenvalue weighted by atomic mass is 9.82. The number of rotatable bonds is 3. The van der Waals surface area contributed by atoms with Crippen LogP contribution in [0, 0.1) is 16.7 Å². The van der Waals surface area contributed by atoms with Gasteiger partial charge in [0.25, 0.3) is 0 Å². The van der Waals surface area contributed by atoms with Gasteiger partial charge in [-0.15, -0.1) is 0 Å². The van der Waals surface area contributed by atoms with Crippen molar-refractivity contribution < 1.29 is 4.79 Å². The molecule has 94 valence electrons. The molecule has 1 amide bonds. The van der Waals surface area contributed by atoms with Gasteiger partial charge in [-0.2, -0.15) is 5.26 Å². The van der Waals surface area contributed by atoms with E-state index in [0.29, 0.717) is 13.1 Å². The Hall–Kier alpha value is -1.34. The van der Waals surface area contributed by atoms with Crippen molar-refractivity contribution in [1.29, 1.82) is 5.26 Å². The molecule has 0 bridgehead atoms. The van der Waals surface area contributed by atoms with Gasteiger partial charge in [-0.3, -0.25) is 4.79 Å². The van der Waals surface area contributed by atoms with Crippen molar-refractivity contribution >= 4 is 5.91 Å². The van der Waals surface area contributed by atoms with Gasteiger partial charge in [0.2, 0.25) is 5.91 Å². The van der Waals surface area contributed by atoms with Crippen LogP contribution in [0.1, 0.15) is 19.8 Å². The minimum absolute atomic E-state index is 0.0619. The third-order valence-corrected chi connectivity index (χ3v) is 3.18. The van der Waals surface area contributed by atoms with Crippen LogP contribution < -0.4 is 0 Å². The van der Waals surface area contributed by atoms with Crippen LogP contribution in [0.2, 0.25) is 0 Å². The highest BCUT2D eigenvalue weighted by atomic mass is 16.2. The first-order chi connectivity index (χ1) is 7.97. The molecular weight excluding hydrogens is 214 g/mol. The van der Waals surface area contributed by atoms with Gasteiger partial charge >= 0.3 is 0 Å². The van der Waals surface area contributed by atoms with Crippen LogP contribution in [0.5, 0.6) is 0 Å². The normalized spacial score (nSPS) is 19.6. The average Bonchev–Trinajstić information content (AvgIpc) is 2.29. The second-order valence-corrected chi connectivity index (χ2v) is 5.16. The summed E-state index contributed by atoms with van der Waals surface area (Å²) < 4.78 is 0. The maximum atomic E-state index is 11.8. The summed E-state index contributed by atoms with van der Waals surface area (Å²) in [6, 6.07) is 2.34. The van der Waals surface area contributed by atoms with E-state index >= 15 is 0 Å². The van der Waals surface area contributed by atoms with Crippen molar-refractivity contribution in [3.8, 4) is 6.07 Å². The molecule has 4 nitrogen and oxygen atoms in total. The zero-order chi connectivity index (χ0) is 12.9. The first-order valence-electron chi connectivity index (χ1n) is 5.98. The SMILES string of the molecule is CN(C)CC=CC(=O)N1CCC(C)(C#N)CC1. The maximum absolute atomic E-state index is 11.8. The molecule has 0 atom stereocenters. The Kier molecular flexibility index (Phi) is 4.71. The summed E-state index contributed by atoms with van der Waals surface area (Å²) in [5.74, 6) is 0.0619. The van der Waals surface area contributed by atoms with E-state index in [1.165, 1.54) is 0 Å². The number of nitriles is 1. The number of piperidine rings is 1. The molecule has 1 aliphatic rings. The van der Waals surface area contributed by atoms with Crippen molar-refractivity contribution in [3.63, 3.8) is 0 Å². The molecule has 0 aromatic carbocycles. The van der Waals surface area contributed by atoms with Gasteiger partial charge in [0.15, 0.2) is 0 Å². The smallest absolute Gasteiger partial charge is 0.246 e. The molecular formula is C13H21N3O. The topological polar surface area (TPSA) is 47.3 Å². The van der Waals surface area contributed by atoms with E-state index in [1.807, 2.05) is 36.9 Å². The van der Waals surface area contributed by atoms with E-state index in [2.05, 4.69) is 6.07 Å².